The standard InChI is InChI=1S/C30H40N2.2C21H43.Ni/c1-4-7-10-14-24-16-12-19-26(21-24)29-23-28(18-9-6-3)30(32(29)31)27-20-13-17-25(22-27)15-11-8-5-2;2*1-3-5-7-9-11-13-15-17-19-21-20-18-16-14-12-10-8-6-4-2;/h12-13,16-17,19-23H,4-11,14-15,18H2,1-3H3;2*1,3-21H2,2H3;. The van der Waals surface area contributed by atoms with Crippen LogP contribution in [0.5, 0.6) is 0 Å². The predicted octanol–water partition coefficient (Wildman–Crippen LogP) is 25.9. The second-order valence-corrected chi connectivity index (χ2v) is 24.8. The Hall–Kier alpha value is -1.99. The first-order valence-electron chi connectivity index (χ1n) is 33.7. The Morgan fingerprint density at radius 2 is 0.613 bits per heavy atom. The summed E-state index contributed by atoms with van der Waals surface area (Å²) in [5.74, 6) is 0. The second kappa shape index (κ2) is 52.7. The molecule has 2 aromatic rings. The first kappa shape index (κ1) is 69.1. The van der Waals surface area contributed by atoms with Gasteiger partial charge in [-0.15, -0.1) is 0 Å². The maximum absolute atomic E-state index is 11.3. The molecule has 2 aromatic carbocycles. The van der Waals surface area contributed by atoms with Crippen molar-refractivity contribution in [3.8, 4) is 0 Å². The van der Waals surface area contributed by atoms with E-state index >= 15 is 0 Å². The molecule has 0 aromatic heterocycles. The average Bonchev–Trinajstić information content (AvgIpc) is 3.76. The number of unbranched alkanes of at least 4 members (excludes halogenated alkanes) is 41. The summed E-state index contributed by atoms with van der Waals surface area (Å²) in [6.45, 7) is 11.3. The summed E-state index contributed by atoms with van der Waals surface area (Å²) < 4.78 is 1.45. The van der Waals surface area contributed by atoms with Gasteiger partial charge in [-0.05, 0) is 73.9 Å². The van der Waals surface area contributed by atoms with Gasteiger partial charge in [-0.1, -0.05) is 194 Å². The van der Waals surface area contributed by atoms with Crippen molar-refractivity contribution in [3.05, 3.63) is 88.0 Å². The van der Waals surface area contributed by atoms with Gasteiger partial charge in [0.15, 0.2) is 0 Å². The molecule has 0 amide bonds. The summed E-state index contributed by atoms with van der Waals surface area (Å²) in [4.78, 5) is 0. The number of nitrogens with zero attached hydrogens (tertiary/aromatic N) is 2. The molecule has 2 nitrogen and oxygen atoms in total. The van der Waals surface area contributed by atoms with Gasteiger partial charge in [0.05, 0.1) is 0 Å². The third kappa shape index (κ3) is 38.3. The van der Waals surface area contributed by atoms with Crippen molar-refractivity contribution in [2.75, 3.05) is 0 Å². The van der Waals surface area contributed by atoms with Gasteiger partial charge < -0.3 is 5.53 Å². The quantitative estimate of drug-likeness (QED) is 0.0358. The van der Waals surface area contributed by atoms with Gasteiger partial charge in [0, 0.05) is 22.8 Å². The van der Waals surface area contributed by atoms with Crippen LogP contribution in [0.25, 0.3) is 16.9 Å². The second-order valence-electron chi connectivity index (χ2n) is 23.3. The molecular weight excluding hydrogens is 951 g/mol. The molecular formula is C72H126N2Ni. The van der Waals surface area contributed by atoms with Crippen LogP contribution in [0.15, 0.2) is 60.2 Å². The fourth-order valence-electron chi connectivity index (χ4n) is 11.1. The SMILES string of the molecule is CCCCCCCCCCCCCCCCCCCC[CH2][Ni][CH2]CCCCCCCCCCCCCCCCCCCC.CCCCCc1cccc(C2=CC(CCCC)=C(c3cccc(CCCCC)c3)[N+]2=[N-])c1. The zero-order valence-corrected chi connectivity index (χ0v) is 52.0. The van der Waals surface area contributed by atoms with Crippen LogP contribution in [0.1, 0.15) is 359 Å². The van der Waals surface area contributed by atoms with E-state index in [4.69, 9.17) is 0 Å². The van der Waals surface area contributed by atoms with Crippen LogP contribution >= 0.6 is 0 Å². The van der Waals surface area contributed by atoms with Crippen LogP contribution in [0.4, 0.5) is 0 Å². The van der Waals surface area contributed by atoms with E-state index in [2.05, 4.69) is 89.2 Å². The van der Waals surface area contributed by atoms with Crippen molar-refractivity contribution in [3.63, 3.8) is 0 Å². The molecule has 0 unspecified atom stereocenters. The van der Waals surface area contributed by atoms with Gasteiger partial charge in [0.1, 0.15) is 0 Å². The summed E-state index contributed by atoms with van der Waals surface area (Å²) in [6.07, 6.45) is 71.3. The van der Waals surface area contributed by atoms with Gasteiger partial charge in [0.2, 0.25) is 11.4 Å². The van der Waals surface area contributed by atoms with Gasteiger partial charge in [-0.25, -0.2) is 4.70 Å². The number of rotatable bonds is 53. The number of allylic oxidation sites excluding steroid dienone is 2. The smallest absolute Gasteiger partial charge is 0.493 e. The molecule has 434 valence electrons. The normalized spacial score (nSPS) is 12.5. The maximum atomic E-state index is 11.3. The van der Waals surface area contributed by atoms with Gasteiger partial charge in [0.25, 0.3) is 0 Å². The van der Waals surface area contributed by atoms with Crippen LogP contribution in [0, 0.1) is 0 Å². The van der Waals surface area contributed by atoms with Crippen molar-refractivity contribution < 1.29 is 19.1 Å². The fraction of sp³-hybridized carbons (Fsp3) is 0.778. The minimum atomic E-state index is 0.903. The summed E-state index contributed by atoms with van der Waals surface area (Å²) in [6, 6.07) is 17.5. The van der Waals surface area contributed by atoms with Crippen LogP contribution in [-0.2, 0) is 27.3 Å². The zero-order valence-electron chi connectivity index (χ0n) is 51.0. The van der Waals surface area contributed by atoms with E-state index in [0.717, 1.165) is 54.6 Å². The summed E-state index contributed by atoms with van der Waals surface area (Å²) in [5.41, 5.74) is 19.4. The molecule has 1 aliphatic heterocycles. The van der Waals surface area contributed by atoms with E-state index < -0.39 is 0 Å². The Bertz CT molecular complexity index is 1600. The van der Waals surface area contributed by atoms with Crippen LogP contribution in [-0.4, -0.2) is 4.70 Å². The van der Waals surface area contributed by atoms with E-state index in [9.17, 15) is 5.53 Å². The Balaban J connectivity index is 0.000000533. The topological polar surface area (TPSA) is 25.3 Å². The number of hydrogen-bond donors (Lipinski definition) is 0. The molecule has 3 rings (SSSR count). The molecule has 0 fully saturated rings. The van der Waals surface area contributed by atoms with E-state index in [1.165, 1.54) is 315 Å². The van der Waals surface area contributed by atoms with Crippen molar-refractivity contribution in [2.45, 2.75) is 360 Å². The summed E-state index contributed by atoms with van der Waals surface area (Å²) >= 11 is 2.05. The van der Waals surface area contributed by atoms with Crippen molar-refractivity contribution in [2.24, 2.45) is 0 Å². The number of aryl methyl sites for hydroxylation is 2. The fourth-order valence-corrected chi connectivity index (χ4v) is 12.3. The molecule has 3 heteroatoms. The molecule has 75 heavy (non-hydrogen) atoms. The number of benzene rings is 2. The molecule has 1 aliphatic rings. The van der Waals surface area contributed by atoms with E-state index in [1.807, 2.05) is 14.4 Å². The third-order valence-electron chi connectivity index (χ3n) is 16.1. The first-order chi connectivity index (χ1) is 37.1. The van der Waals surface area contributed by atoms with Crippen LogP contribution in [0.2, 0.25) is 10.8 Å². The van der Waals surface area contributed by atoms with Crippen molar-refractivity contribution >= 4 is 11.4 Å². The monoisotopic (exact) mass is 1080 g/mol. The Morgan fingerprint density at radius 1 is 0.320 bits per heavy atom. The van der Waals surface area contributed by atoms with E-state index in [-0.39, 0.29) is 0 Å². The Kier molecular flexibility index (Phi) is 48.6. The predicted molar refractivity (Wildman–Crippen MR) is 334 cm³/mol. The Morgan fingerprint density at radius 3 is 0.960 bits per heavy atom. The van der Waals surface area contributed by atoms with E-state index in [1.54, 1.807) is 0 Å². The molecule has 0 atom stereocenters. The minimum Gasteiger partial charge on any atom is -0.493 e. The molecule has 0 spiro atoms. The summed E-state index contributed by atoms with van der Waals surface area (Å²) in [5, 5.41) is 2.87. The molecule has 0 N–H and O–H groups in total. The van der Waals surface area contributed by atoms with Crippen molar-refractivity contribution in [1.82, 2.24) is 0 Å². The van der Waals surface area contributed by atoms with Crippen LogP contribution < -0.4 is 0 Å². The zero-order chi connectivity index (χ0) is 53.8. The Labute approximate surface area is 475 Å². The van der Waals surface area contributed by atoms with E-state index in [0.29, 0.717) is 0 Å². The average molecular weight is 1080 g/mol. The van der Waals surface area contributed by atoms with Gasteiger partial charge >= 0.3 is 166 Å². The van der Waals surface area contributed by atoms with Gasteiger partial charge in [-0.3, -0.25) is 0 Å². The first-order valence-corrected chi connectivity index (χ1v) is 35.1. The van der Waals surface area contributed by atoms with Crippen molar-refractivity contribution in [1.29, 1.82) is 0 Å². The third-order valence-corrected chi connectivity index (χ3v) is 17.5. The number of hydrogen-bond acceptors (Lipinski definition) is 0. The molecule has 0 radical (unpaired) electrons. The molecule has 0 bridgehead atoms. The van der Waals surface area contributed by atoms with Gasteiger partial charge in [-0.2, -0.15) is 0 Å². The summed E-state index contributed by atoms with van der Waals surface area (Å²) in [7, 11) is 0. The minimum absolute atomic E-state index is 0.903. The molecule has 0 saturated carbocycles. The molecule has 0 aliphatic carbocycles. The molecule has 1 heterocycles. The van der Waals surface area contributed by atoms with Crippen LogP contribution in [0.3, 0.4) is 0 Å². The molecule has 0 saturated heterocycles.